The topological polar surface area (TPSA) is 77.1 Å². The second-order valence-corrected chi connectivity index (χ2v) is 5.19. The largest absolute Gasteiger partial charge is 0.451 e. The molecule has 130 valence electrons. The lowest BCUT2D eigenvalue weighted by atomic mass is 10.2. The van der Waals surface area contributed by atoms with Gasteiger partial charge in [-0.25, -0.2) is 0 Å². The van der Waals surface area contributed by atoms with Gasteiger partial charge >= 0.3 is 6.18 Å². The Bertz CT molecular complexity index is 976. The first-order chi connectivity index (χ1) is 11.8. The summed E-state index contributed by atoms with van der Waals surface area (Å²) in [5.74, 6) is -0.800. The Hall–Kier alpha value is -3.10. The summed E-state index contributed by atoms with van der Waals surface area (Å²) in [5.41, 5.74) is -1.07. The lowest BCUT2D eigenvalue weighted by Gasteiger charge is -2.06. The standard InChI is InChI=1S/C16H12F3N3O3/c17-16(18,19)14-5-7-22(21-14)8-6-20-15(24)13-9-11(23)10-3-1-2-4-12(10)25-13/h1-5,7,9H,6,8H2,(H,20,24). The van der Waals surface area contributed by atoms with E-state index in [9.17, 15) is 22.8 Å². The van der Waals surface area contributed by atoms with Gasteiger partial charge in [0.2, 0.25) is 0 Å². The first-order valence-corrected chi connectivity index (χ1v) is 7.26. The summed E-state index contributed by atoms with van der Waals surface area (Å²) < 4.78 is 43.8. The average molecular weight is 351 g/mol. The number of hydrogen-bond donors (Lipinski definition) is 1. The second kappa shape index (κ2) is 6.42. The molecule has 0 spiro atoms. The van der Waals surface area contributed by atoms with Gasteiger partial charge in [-0.05, 0) is 18.2 Å². The number of para-hydroxylation sites is 1. The van der Waals surface area contributed by atoms with Crippen LogP contribution in [0.4, 0.5) is 13.2 Å². The van der Waals surface area contributed by atoms with Crippen LogP contribution in [0.15, 0.2) is 51.8 Å². The van der Waals surface area contributed by atoms with Crippen molar-refractivity contribution < 1.29 is 22.4 Å². The number of amides is 1. The van der Waals surface area contributed by atoms with Crippen LogP contribution in [0, 0.1) is 0 Å². The molecule has 0 aliphatic carbocycles. The maximum absolute atomic E-state index is 12.5. The van der Waals surface area contributed by atoms with E-state index in [0.29, 0.717) is 5.39 Å². The minimum Gasteiger partial charge on any atom is -0.451 e. The lowest BCUT2D eigenvalue weighted by Crippen LogP contribution is -2.28. The molecule has 0 aliphatic heterocycles. The lowest BCUT2D eigenvalue weighted by molar-refractivity contribution is -0.141. The van der Waals surface area contributed by atoms with Crippen molar-refractivity contribution in [3.8, 4) is 0 Å². The highest BCUT2D eigenvalue weighted by Gasteiger charge is 2.33. The van der Waals surface area contributed by atoms with Gasteiger partial charge < -0.3 is 9.73 Å². The molecule has 0 saturated carbocycles. The van der Waals surface area contributed by atoms with E-state index in [1.807, 2.05) is 0 Å². The van der Waals surface area contributed by atoms with E-state index in [-0.39, 0.29) is 29.9 Å². The summed E-state index contributed by atoms with van der Waals surface area (Å²) >= 11 is 0. The van der Waals surface area contributed by atoms with Crippen LogP contribution in [0.25, 0.3) is 11.0 Å². The molecule has 6 nitrogen and oxygen atoms in total. The van der Waals surface area contributed by atoms with E-state index < -0.39 is 17.8 Å². The summed E-state index contributed by atoms with van der Waals surface area (Å²) in [6.45, 7) is 0.0635. The molecule has 0 bridgehead atoms. The van der Waals surface area contributed by atoms with Crippen LogP contribution in [0.2, 0.25) is 0 Å². The monoisotopic (exact) mass is 351 g/mol. The van der Waals surface area contributed by atoms with Gasteiger partial charge in [0.1, 0.15) is 5.58 Å². The normalized spacial score (nSPS) is 11.6. The number of nitrogens with zero attached hydrogens (tertiary/aromatic N) is 2. The van der Waals surface area contributed by atoms with E-state index in [2.05, 4.69) is 10.4 Å². The van der Waals surface area contributed by atoms with Crippen molar-refractivity contribution in [1.82, 2.24) is 15.1 Å². The van der Waals surface area contributed by atoms with Gasteiger partial charge in [0, 0.05) is 18.8 Å². The van der Waals surface area contributed by atoms with Crippen molar-refractivity contribution in [1.29, 1.82) is 0 Å². The van der Waals surface area contributed by atoms with Gasteiger partial charge in [-0.15, -0.1) is 0 Å². The zero-order chi connectivity index (χ0) is 18.0. The van der Waals surface area contributed by atoms with Crippen molar-refractivity contribution in [2.75, 3.05) is 6.54 Å². The molecule has 1 aromatic carbocycles. The molecule has 1 N–H and O–H groups in total. The molecule has 9 heteroatoms. The molecule has 25 heavy (non-hydrogen) atoms. The second-order valence-electron chi connectivity index (χ2n) is 5.19. The van der Waals surface area contributed by atoms with Crippen molar-refractivity contribution in [3.05, 3.63) is 64.3 Å². The third-order valence-corrected chi connectivity index (χ3v) is 3.42. The van der Waals surface area contributed by atoms with Crippen molar-refractivity contribution in [2.24, 2.45) is 0 Å². The Balaban J connectivity index is 1.65. The summed E-state index contributed by atoms with van der Waals surface area (Å²) in [6, 6.07) is 8.42. The number of carbonyl (C=O) groups is 1. The van der Waals surface area contributed by atoms with E-state index >= 15 is 0 Å². The van der Waals surface area contributed by atoms with Crippen LogP contribution in [0.3, 0.4) is 0 Å². The highest BCUT2D eigenvalue weighted by atomic mass is 19.4. The first kappa shape index (κ1) is 16.7. The Morgan fingerprint density at radius 3 is 2.72 bits per heavy atom. The predicted octanol–water partition coefficient (Wildman–Crippen LogP) is 2.44. The number of halogens is 3. The number of rotatable bonds is 4. The van der Waals surface area contributed by atoms with Gasteiger partial charge in [-0.3, -0.25) is 14.3 Å². The highest BCUT2D eigenvalue weighted by molar-refractivity contribution is 5.93. The molecule has 0 aliphatic rings. The third-order valence-electron chi connectivity index (χ3n) is 3.42. The van der Waals surface area contributed by atoms with Crippen molar-refractivity contribution in [2.45, 2.75) is 12.7 Å². The van der Waals surface area contributed by atoms with Crippen LogP contribution in [0.1, 0.15) is 16.2 Å². The number of nitrogens with one attached hydrogen (secondary N) is 1. The fourth-order valence-electron chi connectivity index (χ4n) is 2.22. The number of carbonyl (C=O) groups excluding carboxylic acids is 1. The Labute approximate surface area is 138 Å². The van der Waals surface area contributed by atoms with Gasteiger partial charge in [0.25, 0.3) is 5.91 Å². The Morgan fingerprint density at radius 2 is 2.00 bits per heavy atom. The summed E-state index contributed by atoms with van der Waals surface area (Å²) in [4.78, 5) is 24.0. The Morgan fingerprint density at radius 1 is 1.24 bits per heavy atom. The Kier molecular flexibility index (Phi) is 4.30. The minimum atomic E-state index is -4.51. The molecule has 0 atom stereocenters. The van der Waals surface area contributed by atoms with Crippen LogP contribution >= 0.6 is 0 Å². The maximum Gasteiger partial charge on any atom is 0.435 e. The van der Waals surface area contributed by atoms with Crippen molar-refractivity contribution >= 4 is 16.9 Å². The number of hydrogen-bond acceptors (Lipinski definition) is 4. The SMILES string of the molecule is O=C(NCCn1ccc(C(F)(F)F)n1)c1cc(=O)c2ccccc2o1. The molecule has 3 rings (SSSR count). The van der Waals surface area contributed by atoms with Gasteiger partial charge in [0.15, 0.2) is 16.9 Å². The fourth-order valence-corrected chi connectivity index (χ4v) is 2.22. The van der Waals surface area contributed by atoms with E-state index in [0.717, 1.165) is 16.8 Å². The fraction of sp³-hybridized carbons (Fsp3) is 0.188. The number of benzene rings is 1. The van der Waals surface area contributed by atoms with E-state index in [4.69, 9.17) is 4.42 Å². The van der Waals surface area contributed by atoms with Crippen LogP contribution < -0.4 is 10.7 Å². The zero-order valence-corrected chi connectivity index (χ0v) is 12.7. The molecular formula is C16H12F3N3O3. The molecule has 2 heterocycles. The van der Waals surface area contributed by atoms with Gasteiger partial charge in [0.05, 0.1) is 11.9 Å². The molecule has 1 amide bonds. The number of fused-ring (bicyclic) bond motifs is 1. The van der Waals surface area contributed by atoms with Crippen molar-refractivity contribution in [3.63, 3.8) is 0 Å². The first-order valence-electron chi connectivity index (χ1n) is 7.26. The summed E-state index contributed by atoms with van der Waals surface area (Å²) in [7, 11) is 0. The van der Waals surface area contributed by atoms with Crippen LogP contribution in [-0.2, 0) is 12.7 Å². The molecule has 0 fully saturated rings. The third kappa shape index (κ3) is 3.70. The minimum absolute atomic E-state index is 0.0222. The van der Waals surface area contributed by atoms with Gasteiger partial charge in [-0.2, -0.15) is 18.3 Å². The molecule has 3 aromatic rings. The summed E-state index contributed by atoms with van der Waals surface area (Å²) in [6.07, 6.45) is -3.34. The van der Waals surface area contributed by atoms with E-state index in [1.54, 1.807) is 24.3 Å². The zero-order valence-electron chi connectivity index (χ0n) is 12.7. The molecule has 2 aromatic heterocycles. The van der Waals surface area contributed by atoms with Crippen LogP contribution in [0.5, 0.6) is 0 Å². The number of aromatic nitrogens is 2. The molecular weight excluding hydrogens is 339 g/mol. The highest BCUT2D eigenvalue weighted by Crippen LogP contribution is 2.27. The molecule has 0 saturated heterocycles. The van der Waals surface area contributed by atoms with E-state index in [1.165, 1.54) is 6.20 Å². The summed E-state index contributed by atoms with van der Waals surface area (Å²) in [5, 5.41) is 6.20. The van der Waals surface area contributed by atoms with Gasteiger partial charge in [-0.1, -0.05) is 12.1 Å². The number of alkyl halides is 3. The molecule has 0 unspecified atom stereocenters. The van der Waals surface area contributed by atoms with Crippen LogP contribution in [-0.4, -0.2) is 22.2 Å². The predicted molar refractivity (Wildman–Crippen MR) is 82.0 cm³/mol. The smallest absolute Gasteiger partial charge is 0.435 e. The molecule has 0 radical (unpaired) electrons. The quantitative estimate of drug-likeness (QED) is 0.783. The average Bonchev–Trinajstić information content (AvgIpc) is 3.04. The maximum atomic E-state index is 12.5.